The van der Waals surface area contributed by atoms with Crippen LogP contribution in [0.25, 0.3) is 0 Å². The monoisotopic (exact) mass is 346 g/mol. The number of hydrogen-bond donors (Lipinski definition) is 0. The van der Waals surface area contributed by atoms with E-state index in [2.05, 4.69) is 12.1 Å². The average molecular weight is 346 g/mol. The van der Waals surface area contributed by atoms with E-state index < -0.39 is 11.9 Å². The number of rotatable bonds is 6. The number of hydrogen-bond acceptors (Lipinski definition) is 5. The quantitative estimate of drug-likeness (QED) is 0.740. The van der Waals surface area contributed by atoms with Gasteiger partial charge in [-0.3, -0.25) is 9.59 Å². The Morgan fingerprint density at radius 1 is 1.12 bits per heavy atom. The summed E-state index contributed by atoms with van der Waals surface area (Å²) in [5.41, 5.74) is 4.42. The van der Waals surface area contributed by atoms with Crippen molar-refractivity contribution in [3.8, 4) is 0 Å². The van der Waals surface area contributed by atoms with Crippen LogP contribution in [-0.2, 0) is 25.7 Å². The van der Waals surface area contributed by atoms with Crippen molar-refractivity contribution in [3.05, 3.63) is 56.8 Å². The van der Waals surface area contributed by atoms with Gasteiger partial charge in [0.2, 0.25) is 0 Å². The Morgan fingerprint density at radius 2 is 1.79 bits per heavy atom. The molecule has 0 saturated carbocycles. The van der Waals surface area contributed by atoms with Gasteiger partial charge in [-0.25, -0.2) is 0 Å². The normalized spacial score (nSPS) is 11.8. The molecule has 0 aliphatic rings. The van der Waals surface area contributed by atoms with Crippen LogP contribution < -0.4 is 0 Å². The van der Waals surface area contributed by atoms with Crippen LogP contribution in [0.2, 0.25) is 0 Å². The zero-order chi connectivity index (χ0) is 17.7. The molecule has 2 rings (SSSR count). The summed E-state index contributed by atoms with van der Waals surface area (Å²) in [5, 5.41) is 1.89. The molecule has 0 saturated heterocycles. The van der Waals surface area contributed by atoms with Crippen LogP contribution in [0.15, 0.2) is 29.6 Å². The predicted molar refractivity (Wildman–Crippen MR) is 94.1 cm³/mol. The van der Waals surface area contributed by atoms with Gasteiger partial charge >= 0.3 is 11.9 Å². The van der Waals surface area contributed by atoms with Crippen molar-refractivity contribution in [1.82, 2.24) is 0 Å². The molecule has 0 spiro atoms. The standard InChI is InChI=1S/C19H22O4S/c1-12-8-13(2)16(14(3)9-12)10-23-19(21)17(11-22-15(4)20)18-6-5-7-24-18/h5-9,17H,10-11H2,1-4H3. The number of aryl methyl sites for hydroxylation is 3. The molecule has 0 aliphatic heterocycles. The fraction of sp³-hybridized carbons (Fsp3) is 0.368. The number of ether oxygens (including phenoxy) is 2. The maximum atomic E-state index is 12.5. The van der Waals surface area contributed by atoms with Gasteiger partial charge < -0.3 is 9.47 Å². The Hall–Kier alpha value is -2.14. The van der Waals surface area contributed by atoms with Crippen molar-refractivity contribution >= 4 is 23.3 Å². The largest absolute Gasteiger partial charge is 0.465 e. The molecule has 1 aromatic heterocycles. The van der Waals surface area contributed by atoms with Gasteiger partial charge in [-0.05, 0) is 48.9 Å². The average Bonchev–Trinajstić information content (AvgIpc) is 3.00. The molecule has 1 aromatic carbocycles. The van der Waals surface area contributed by atoms with E-state index in [9.17, 15) is 9.59 Å². The number of carbonyl (C=O) groups is 2. The molecule has 0 fully saturated rings. The lowest BCUT2D eigenvalue weighted by molar-refractivity contribution is -0.151. The Kier molecular flexibility index (Phi) is 6.15. The number of esters is 2. The Bertz CT molecular complexity index is 696. The third kappa shape index (κ3) is 4.68. The van der Waals surface area contributed by atoms with Gasteiger partial charge in [0.05, 0.1) is 0 Å². The van der Waals surface area contributed by atoms with Gasteiger partial charge in [-0.15, -0.1) is 11.3 Å². The highest BCUT2D eigenvalue weighted by molar-refractivity contribution is 7.10. The Morgan fingerprint density at radius 3 is 2.33 bits per heavy atom. The molecule has 0 aliphatic carbocycles. The highest BCUT2D eigenvalue weighted by Gasteiger charge is 2.25. The molecule has 0 radical (unpaired) electrons. The van der Waals surface area contributed by atoms with Crippen LogP contribution in [0.3, 0.4) is 0 Å². The second-order valence-corrected chi connectivity index (χ2v) is 6.83. The molecule has 2 aromatic rings. The summed E-state index contributed by atoms with van der Waals surface area (Å²) in [4.78, 5) is 24.4. The molecule has 0 bridgehead atoms. The van der Waals surface area contributed by atoms with E-state index in [1.54, 1.807) is 0 Å². The highest BCUT2D eigenvalue weighted by Crippen LogP contribution is 2.25. The molecular weight excluding hydrogens is 324 g/mol. The Labute approximate surface area is 146 Å². The van der Waals surface area contributed by atoms with Crippen LogP contribution in [0, 0.1) is 20.8 Å². The third-order valence-corrected chi connectivity index (χ3v) is 4.81. The van der Waals surface area contributed by atoms with Gasteiger partial charge in [0.1, 0.15) is 19.1 Å². The second kappa shape index (κ2) is 8.11. The van der Waals surface area contributed by atoms with Gasteiger partial charge in [0.25, 0.3) is 0 Å². The van der Waals surface area contributed by atoms with Gasteiger partial charge in [0.15, 0.2) is 0 Å². The molecule has 1 atom stereocenters. The van der Waals surface area contributed by atoms with Gasteiger partial charge in [0, 0.05) is 11.8 Å². The van der Waals surface area contributed by atoms with E-state index in [1.807, 2.05) is 38.3 Å². The van der Waals surface area contributed by atoms with Crippen molar-refractivity contribution < 1.29 is 19.1 Å². The second-order valence-electron chi connectivity index (χ2n) is 5.86. The predicted octanol–water partition coefficient (Wildman–Crippen LogP) is 4.06. The van der Waals surface area contributed by atoms with Crippen LogP contribution in [0.1, 0.15) is 40.0 Å². The lowest BCUT2D eigenvalue weighted by atomic mass is 10.0. The summed E-state index contributed by atoms with van der Waals surface area (Å²) in [6.45, 7) is 7.62. The van der Waals surface area contributed by atoms with E-state index in [4.69, 9.17) is 9.47 Å². The first-order valence-electron chi connectivity index (χ1n) is 7.78. The number of benzene rings is 1. The summed E-state index contributed by atoms with van der Waals surface area (Å²) < 4.78 is 10.6. The van der Waals surface area contributed by atoms with E-state index in [0.717, 1.165) is 21.6 Å². The van der Waals surface area contributed by atoms with E-state index >= 15 is 0 Å². The third-order valence-electron chi connectivity index (χ3n) is 3.82. The van der Waals surface area contributed by atoms with E-state index in [-0.39, 0.29) is 19.2 Å². The SMILES string of the molecule is CC(=O)OCC(C(=O)OCc1c(C)cc(C)cc1C)c1cccs1. The molecule has 128 valence electrons. The van der Waals surface area contributed by atoms with Gasteiger partial charge in [-0.1, -0.05) is 23.8 Å². The molecule has 5 heteroatoms. The molecule has 1 unspecified atom stereocenters. The minimum Gasteiger partial charge on any atom is -0.465 e. The summed E-state index contributed by atoms with van der Waals surface area (Å²) >= 11 is 1.45. The minimum absolute atomic E-state index is 0.000538. The first-order chi connectivity index (χ1) is 11.4. The lowest BCUT2D eigenvalue weighted by Gasteiger charge is -2.16. The first-order valence-corrected chi connectivity index (χ1v) is 8.66. The summed E-state index contributed by atoms with van der Waals surface area (Å²) in [6.07, 6.45) is 0. The van der Waals surface area contributed by atoms with Crippen LogP contribution in [0.5, 0.6) is 0 Å². The fourth-order valence-electron chi connectivity index (χ4n) is 2.64. The highest BCUT2D eigenvalue weighted by atomic mass is 32.1. The van der Waals surface area contributed by atoms with E-state index in [0.29, 0.717) is 0 Å². The maximum absolute atomic E-state index is 12.5. The van der Waals surface area contributed by atoms with Crippen molar-refractivity contribution in [2.75, 3.05) is 6.61 Å². The smallest absolute Gasteiger partial charge is 0.318 e. The van der Waals surface area contributed by atoms with E-state index in [1.165, 1.54) is 23.8 Å². The summed E-state index contributed by atoms with van der Waals surface area (Å²) in [6, 6.07) is 7.86. The van der Waals surface area contributed by atoms with Crippen molar-refractivity contribution in [1.29, 1.82) is 0 Å². The zero-order valence-electron chi connectivity index (χ0n) is 14.4. The minimum atomic E-state index is -0.583. The maximum Gasteiger partial charge on any atom is 0.318 e. The molecule has 0 N–H and O–H groups in total. The summed E-state index contributed by atoms with van der Waals surface area (Å²) in [7, 11) is 0. The molecule has 4 nitrogen and oxygen atoms in total. The lowest BCUT2D eigenvalue weighted by Crippen LogP contribution is -2.21. The molecule has 24 heavy (non-hydrogen) atoms. The van der Waals surface area contributed by atoms with Crippen LogP contribution >= 0.6 is 11.3 Å². The topological polar surface area (TPSA) is 52.6 Å². The molecule has 0 amide bonds. The molecular formula is C19H22O4S. The number of carbonyl (C=O) groups excluding carboxylic acids is 2. The van der Waals surface area contributed by atoms with Crippen molar-refractivity contribution in [2.24, 2.45) is 0 Å². The fourth-order valence-corrected chi connectivity index (χ4v) is 3.44. The van der Waals surface area contributed by atoms with Crippen LogP contribution in [-0.4, -0.2) is 18.5 Å². The molecule has 1 heterocycles. The first kappa shape index (κ1) is 18.2. The Balaban J connectivity index is 2.09. The number of thiophene rings is 1. The zero-order valence-corrected chi connectivity index (χ0v) is 15.2. The van der Waals surface area contributed by atoms with Crippen molar-refractivity contribution in [3.63, 3.8) is 0 Å². The van der Waals surface area contributed by atoms with Crippen molar-refractivity contribution in [2.45, 2.75) is 40.2 Å². The van der Waals surface area contributed by atoms with Gasteiger partial charge in [-0.2, -0.15) is 0 Å². The summed E-state index contributed by atoms with van der Waals surface area (Å²) in [5.74, 6) is -1.37. The van der Waals surface area contributed by atoms with Crippen LogP contribution in [0.4, 0.5) is 0 Å².